The van der Waals surface area contributed by atoms with Gasteiger partial charge in [0.2, 0.25) is 0 Å². The second kappa shape index (κ2) is 7.03. The van der Waals surface area contributed by atoms with Crippen LogP contribution < -0.4 is 0 Å². The molecular weight excluding hydrogens is 420 g/mol. The van der Waals surface area contributed by atoms with Gasteiger partial charge in [0.05, 0.1) is 11.1 Å². The van der Waals surface area contributed by atoms with Crippen molar-refractivity contribution >= 4 is 40.7 Å². The van der Waals surface area contributed by atoms with Crippen LogP contribution >= 0.6 is 35.0 Å². The van der Waals surface area contributed by atoms with Crippen LogP contribution in [0.3, 0.4) is 0 Å². The summed E-state index contributed by atoms with van der Waals surface area (Å²) in [5.74, 6) is -3.09. The molecule has 4 rings (SSSR count). The van der Waals surface area contributed by atoms with Crippen molar-refractivity contribution in [3.8, 4) is 11.1 Å². The van der Waals surface area contributed by atoms with Crippen molar-refractivity contribution in [1.82, 2.24) is 19.6 Å². The van der Waals surface area contributed by atoms with Gasteiger partial charge in [-0.1, -0.05) is 35.0 Å². The number of rotatable bonds is 3. The van der Waals surface area contributed by atoms with Crippen molar-refractivity contribution in [2.24, 2.45) is 0 Å². The van der Waals surface area contributed by atoms with E-state index in [0.717, 1.165) is 11.8 Å². The Bertz CT molecular complexity index is 1140. The first kappa shape index (κ1) is 18.1. The maximum atomic E-state index is 14.4. The number of halogens is 5. The van der Waals surface area contributed by atoms with Gasteiger partial charge in [-0.2, -0.15) is 19.6 Å². The van der Waals surface area contributed by atoms with Crippen molar-refractivity contribution in [3.05, 3.63) is 70.4 Å². The van der Waals surface area contributed by atoms with E-state index >= 15 is 0 Å². The average Bonchev–Trinajstić information content (AvgIpc) is 3.06. The maximum Gasteiger partial charge on any atom is 0.254 e. The van der Waals surface area contributed by atoms with Gasteiger partial charge in [-0.25, -0.2) is 13.2 Å². The molecule has 2 aromatic carbocycles. The fourth-order valence-electron chi connectivity index (χ4n) is 2.49. The number of hydrogen-bond acceptors (Lipinski definition) is 4. The average molecular weight is 427 g/mol. The van der Waals surface area contributed by atoms with Crippen LogP contribution in [0.4, 0.5) is 13.2 Å². The molecule has 2 aromatic heterocycles. The lowest BCUT2D eigenvalue weighted by molar-refractivity contribution is 0.547. The standard InChI is InChI=1S/C17H7Cl2F3N4S/c18-8-1-3-10(4-2-8)27-16-14(13-11(21)5-9(20)6-12(13)22)15(19)25-17-23-7-24-26(16)17/h1-7H. The van der Waals surface area contributed by atoms with Crippen molar-refractivity contribution in [3.63, 3.8) is 0 Å². The van der Waals surface area contributed by atoms with Gasteiger partial charge in [0.1, 0.15) is 34.0 Å². The molecule has 4 aromatic rings. The summed E-state index contributed by atoms with van der Waals surface area (Å²) >= 11 is 13.3. The zero-order chi connectivity index (χ0) is 19.1. The van der Waals surface area contributed by atoms with Crippen LogP contribution in [-0.2, 0) is 0 Å². The molecule has 0 radical (unpaired) electrons. The topological polar surface area (TPSA) is 43.1 Å². The number of hydrogen-bond donors (Lipinski definition) is 0. The molecule has 0 atom stereocenters. The first-order valence-electron chi connectivity index (χ1n) is 7.41. The van der Waals surface area contributed by atoms with Gasteiger partial charge in [-0.15, -0.1) is 0 Å². The SMILES string of the molecule is Fc1cc(F)c(-c2c(Cl)nc3ncnn3c2Sc2ccc(Cl)cc2)c(F)c1. The molecule has 2 heterocycles. The van der Waals surface area contributed by atoms with Crippen LogP contribution in [0.25, 0.3) is 16.9 Å². The summed E-state index contributed by atoms with van der Waals surface area (Å²) in [7, 11) is 0. The smallest absolute Gasteiger partial charge is 0.207 e. The Morgan fingerprint density at radius 3 is 2.26 bits per heavy atom. The van der Waals surface area contributed by atoms with E-state index in [0.29, 0.717) is 22.1 Å². The summed E-state index contributed by atoms with van der Waals surface area (Å²) in [5.41, 5.74) is -0.549. The molecule has 0 bridgehead atoms. The van der Waals surface area contributed by atoms with Crippen molar-refractivity contribution in [2.45, 2.75) is 9.92 Å². The normalized spacial score (nSPS) is 11.3. The van der Waals surface area contributed by atoms with Gasteiger partial charge in [0.25, 0.3) is 5.78 Å². The molecule has 0 aliphatic heterocycles. The van der Waals surface area contributed by atoms with E-state index in [1.807, 2.05) is 0 Å². The van der Waals surface area contributed by atoms with E-state index in [-0.39, 0.29) is 21.5 Å². The third-order valence-corrected chi connectivity index (χ3v) is 5.23. The summed E-state index contributed by atoms with van der Waals surface area (Å²) in [5, 5.41) is 4.68. The molecule has 4 nitrogen and oxygen atoms in total. The van der Waals surface area contributed by atoms with E-state index in [4.69, 9.17) is 23.2 Å². The zero-order valence-electron chi connectivity index (χ0n) is 13.1. The van der Waals surface area contributed by atoms with Crippen molar-refractivity contribution < 1.29 is 13.2 Å². The number of aromatic nitrogens is 4. The van der Waals surface area contributed by atoms with Crippen LogP contribution in [0.1, 0.15) is 0 Å². The highest BCUT2D eigenvalue weighted by atomic mass is 35.5. The van der Waals surface area contributed by atoms with Crippen LogP contribution in [0, 0.1) is 17.5 Å². The molecule has 10 heteroatoms. The summed E-state index contributed by atoms with van der Waals surface area (Å²) in [6.07, 6.45) is 1.24. The predicted octanol–water partition coefficient (Wildman–Crippen LogP) is 5.67. The Kier molecular flexibility index (Phi) is 4.71. The molecule has 27 heavy (non-hydrogen) atoms. The molecular formula is C17H7Cl2F3N4S. The Hall–Kier alpha value is -2.29. The van der Waals surface area contributed by atoms with E-state index in [1.54, 1.807) is 24.3 Å². The quantitative estimate of drug-likeness (QED) is 0.396. The summed E-state index contributed by atoms with van der Waals surface area (Å²) in [6, 6.07) is 7.96. The highest BCUT2D eigenvalue weighted by Gasteiger charge is 2.24. The first-order chi connectivity index (χ1) is 12.9. The zero-order valence-corrected chi connectivity index (χ0v) is 15.5. The highest BCUT2D eigenvalue weighted by molar-refractivity contribution is 7.99. The van der Waals surface area contributed by atoms with Gasteiger partial charge in [0.15, 0.2) is 0 Å². The third-order valence-electron chi connectivity index (χ3n) is 3.63. The second-order valence-corrected chi connectivity index (χ2v) is 7.21. The van der Waals surface area contributed by atoms with Crippen LogP contribution in [0.2, 0.25) is 10.2 Å². The fraction of sp³-hybridized carbons (Fsp3) is 0. The molecule has 0 unspecified atom stereocenters. The van der Waals surface area contributed by atoms with Crippen LogP contribution in [0.5, 0.6) is 0 Å². The minimum absolute atomic E-state index is 0.0513. The maximum absolute atomic E-state index is 14.4. The Morgan fingerprint density at radius 2 is 1.59 bits per heavy atom. The van der Waals surface area contributed by atoms with Crippen molar-refractivity contribution in [2.75, 3.05) is 0 Å². The van der Waals surface area contributed by atoms with E-state index in [1.165, 1.54) is 10.8 Å². The molecule has 0 aliphatic rings. The first-order valence-corrected chi connectivity index (χ1v) is 8.99. The Balaban J connectivity index is 2.00. The predicted molar refractivity (Wildman–Crippen MR) is 96.7 cm³/mol. The lowest BCUT2D eigenvalue weighted by Gasteiger charge is -2.14. The van der Waals surface area contributed by atoms with Gasteiger partial charge in [0, 0.05) is 22.1 Å². The molecule has 0 aliphatic carbocycles. The highest BCUT2D eigenvalue weighted by Crippen LogP contribution is 2.41. The summed E-state index contributed by atoms with van der Waals surface area (Å²) < 4.78 is 43.5. The number of nitrogens with zero attached hydrogens (tertiary/aromatic N) is 4. The Morgan fingerprint density at radius 1 is 0.926 bits per heavy atom. The minimum atomic E-state index is -1.10. The van der Waals surface area contributed by atoms with Gasteiger partial charge >= 0.3 is 0 Å². The third kappa shape index (κ3) is 3.36. The van der Waals surface area contributed by atoms with Gasteiger partial charge in [-0.3, -0.25) is 0 Å². The molecule has 0 fully saturated rings. The largest absolute Gasteiger partial charge is 0.254 e. The molecule has 0 amide bonds. The van der Waals surface area contributed by atoms with E-state index in [2.05, 4.69) is 15.1 Å². The molecule has 0 N–H and O–H groups in total. The number of fused-ring (bicyclic) bond motifs is 1. The Labute approximate surface area is 165 Å². The molecule has 0 saturated carbocycles. The second-order valence-electron chi connectivity index (χ2n) is 5.36. The molecule has 136 valence electrons. The van der Waals surface area contributed by atoms with Gasteiger partial charge < -0.3 is 0 Å². The van der Waals surface area contributed by atoms with Gasteiger partial charge in [-0.05, 0) is 24.3 Å². The van der Waals surface area contributed by atoms with Crippen LogP contribution in [0.15, 0.2) is 52.6 Å². The molecule has 0 spiro atoms. The van der Waals surface area contributed by atoms with Crippen molar-refractivity contribution in [1.29, 1.82) is 0 Å². The summed E-state index contributed by atoms with van der Waals surface area (Å²) in [4.78, 5) is 8.70. The minimum Gasteiger partial charge on any atom is -0.207 e. The summed E-state index contributed by atoms with van der Waals surface area (Å²) in [6.45, 7) is 0. The fourth-order valence-corrected chi connectivity index (χ4v) is 3.95. The lowest BCUT2D eigenvalue weighted by atomic mass is 10.1. The van der Waals surface area contributed by atoms with E-state index in [9.17, 15) is 13.2 Å². The monoisotopic (exact) mass is 426 g/mol. The van der Waals surface area contributed by atoms with Crippen LogP contribution in [-0.4, -0.2) is 19.6 Å². The lowest BCUT2D eigenvalue weighted by Crippen LogP contribution is -2.03. The molecule has 0 saturated heterocycles. The number of benzene rings is 2. The van der Waals surface area contributed by atoms with E-state index < -0.39 is 23.0 Å².